The molecule has 31 heavy (non-hydrogen) atoms. The third kappa shape index (κ3) is 3.98. The van der Waals surface area contributed by atoms with Crippen molar-refractivity contribution in [1.82, 2.24) is 15.3 Å². The molecular formula is C24H19ClN4O2. The number of benzene rings is 2. The van der Waals surface area contributed by atoms with Crippen molar-refractivity contribution < 1.29 is 9.21 Å². The van der Waals surface area contributed by atoms with Crippen LogP contribution in [0.4, 0.5) is 11.5 Å². The Morgan fingerprint density at radius 3 is 2.77 bits per heavy atom. The first-order valence-electron chi connectivity index (χ1n) is 9.91. The number of para-hydroxylation sites is 1. The number of amides is 1. The van der Waals surface area contributed by atoms with Gasteiger partial charge in [-0.1, -0.05) is 29.8 Å². The largest absolute Gasteiger partial charge is 0.464 e. The Kier molecular flexibility index (Phi) is 5.06. The number of nitrogens with zero attached hydrogens (tertiary/aromatic N) is 1. The Bertz CT molecular complexity index is 1370. The third-order valence-electron chi connectivity index (χ3n) is 5.14. The van der Waals surface area contributed by atoms with Gasteiger partial charge in [0.05, 0.1) is 11.6 Å². The molecule has 0 fully saturated rings. The second-order valence-corrected chi connectivity index (χ2v) is 7.62. The van der Waals surface area contributed by atoms with Crippen molar-refractivity contribution in [3.8, 4) is 0 Å². The van der Waals surface area contributed by atoms with Gasteiger partial charge in [0.2, 0.25) is 0 Å². The Morgan fingerprint density at radius 2 is 1.90 bits per heavy atom. The number of aromatic amines is 1. The van der Waals surface area contributed by atoms with Gasteiger partial charge in [0, 0.05) is 40.4 Å². The second kappa shape index (κ2) is 8.16. The van der Waals surface area contributed by atoms with Crippen molar-refractivity contribution in [2.24, 2.45) is 0 Å². The Balaban J connectivity index is 1.33. The van der Waals surface area contributed by atoms with E-state index in [-0.39, 0.29) is 11.6 Å². The molecule has 1 amide bonds. The van der Waals surface area contributed by atoms with E-state index in [9.17, 15) is 4.79 Å². The van der Waals surface area contributed by atoms with Crippen LogP contribution in [0.3, 0.4) is 0 Å². The fourth-order valence-corrected chi connectivity index (χ4v) is 3.71. The van der Waals surface area contributed by atoms with Gasteiger partial charge in [0.15, 0.2) is 0 Å². The van der Waals surface area contributed by atoms with Gasteiger partial charge in [-0.25, -0.2) is 4.98 Å². The van der Waals surface area contributed by atoms with Crippen molar-refractivity contribution in [1.29, 1.82) is 0 Å². The number of rotatable bonds is 6. The van der Waals surface area contributed by atoms with E-state index in [0.717, 1.165) is 22.2 Å². The highest BCUT2D eigenvalue weighted by Crippen LogP contribution is 2.27. The summed E-state index contributed by atoms with van der Waals surface area (Å²) in [6, 6.07) is 18.9. The number of halogens is 1. The number of fused-ring (bicyclic) bond motifs is 2. The van der Waals surface area contributed by atoms with E-state index < -0.39 is 0 Å². The number of carbonyl (C=O) groups is 1. The van der Waals surface area contributed by atoms with Crippen LogP contribution >= 0.6 is 11.6 Å². The smallest absolute Gasteiger partial charge is 0.270 e. The van der Waals surface area contributed by atoms with E-state index >= 15 is 0 Å². The molecule has 3 aromatic heterocycles. The van der Waals surface area contributed by atoms with Crippen LogP contribution in [0.15, 0.2) is 77.5 Å². The van der Waals surface area contributed by atoms with Crippen LogP contribution in [0.25, 0.3) is 21.9 Å². The average molecular weight is 431 g/mol. The maximum absolute atomic E-state index is 12.8. The summed E-state index contributed by atoms with van der Waals surface area (Å²) < 4.78 is 5.53. The highest BCUT2D eigenvalue weighted by atomic mass is 35.5. The summed E-state index contributed by atoms with van der Waals surface area (Å²) in [5, 5.41) is 8.81. The maximum Gasteiger partial charge on any atom is 0.270 e. The first-order valence-corrected chi connectivity index (χ1v) is 10.3. The molecule has 6 nitrogen and oxygen atoms in total. The lowest BCUT2D eigenvalue weighted by molar-refractivity contribution is 0.0949. The van der Waals surface area contributed by atoms with Crippen LogP contribution in [0.5, 0.6) is 0 Å². The fourth-order valence-electron chi connectivity index (χ4n) is 3.59. The number of aromatic nitrogens is 2. The zero-order valence-electron chi connectivity index (χ0n) is 16.5. The number of anilines is 2. The standard InChI is InChI=1S/C24H19ClN4O2/c25-16-5-7-17(8-6-16)28-23-19-10-12-31-22(19)13-21(29-23)24(30)26-11-9-15-14-27-20-4-2-1-3-18(15)20/h1-8,10,12-14,27H,9,11H2,(H,26,30)(H,28,29). The van der Waals surface area contributed by atoms with Crippen molar-refractivity contribution in [3.05, 3.63) is 89.4 Å². The monoisotopic (exact) mass is 430 g/mol. The van der Waals surface area contributed by atoms with Gasteiger partial charge in [-0.3, -0.25) is 4.79 Å². The quantitative estimate of drug-likeness (QED) is 0.323. The summed E-state index contributed by atoms with van der Waals surface area (Å²) >= 11 is 5.96. The number of nitrogens with one attached hydrogen (secondary N) is 3. The van der Waals surface area contributed by atoms with Crippen LogP contribution in [0.2, 0.25) is 5.02 Å². The SMILES string of the molecule is O=C(NCCc1c[nH]c2ccccc12)c1cc2occc2c(Nc2ccc(Cl)cc2)n1. The summed E-state index contributed by atoms with van der Waals surface area (Å²) in [5.74, 6) is 0.299. The predicted octanol–water partition coefficient (Wildman–Crippen LogP) is 5.68. The lowest BCUT2D eigenvalue weighted by Crippen LogP contribution is -2.26. The number of furan rings is 1. The summed E-state index contributed by atoms with van der Waals surface area (Å²) in [6.45, 7) is 0.499. The van der Waals surface area contributed by atoms with Gasteiger partial charge in [0.25, 0.3) is 5.91 Å². The fraction of sp³-hybridized carbons (Fsp3) is 0.0833. The van der Waals surface area contributed by atoms with Crippen molar-refractivity contribution in [2.75, 3.05) is 11.9 Å². The molecule has 0 saturated heterocycles. The molecule has 7 heteroatoms. The van der Waals surface area contributed by atoms with Gasteiger partial charge in [-0.15, -0.1) is 0 Å². The number of pyridine rings is 1. The Hall–Kier alpha value is -3.77. The normalized spacial score (nSPS) is 11.1. The van der Waals surface area contributed by atoms with Gasteiger partial charge >= 0.3 is 0 Å². The lowest BCUT2D eigenvalue weighted by atomic mass is 10.1. The first-order chi connectivity index (χ1) is 15.2. The first kappa shape index (κ1) is 19.2. The molecule has 2 aromatic carbocycles. The number of hydrogen-bond acceptors (Lipinski definition) is 4. The Morgan fingerprint density at radius 1 is 1.06 bits per heavy atom. The summed E-state index contributed by atoms with van der Waals surface area (Å²) in [5.41, 5.74) is 3.95. The van der Waals surface area contributed by atoms with E-state index in [4.69, 9.17) is 16.0 Å². The summed E-state index contributed by atoms with van der Waals surface area (Å²) in [4.78, 5) is 20.6. The molecule has 0 aliphatic carbocycles. The minimum Gasteiger partial charge on any atom is -0.464 e. The lowest BCUT2D eigenvalue weighted by Gasteiger charge is -2.10. The summed E-state index contributed by atoms with van der Waals surface area (Å²) in [6.07, 6.45) is 4.28. The maximum atomic E-state index is 12.8. The molecule has 0 radical (unpaired) electrons. The minimum atomic E-state index is -0.253. The van der Waals surface area contributed by atoms with Gasteiger partial charge in [-0.05, 0) is 48.4 Å². The molecule has 5 aromatic rings. The Labute approximate surface area is 183 Å². The second-order valence-electron chi connectivity index (χ2n) is 7.19. The molecule has 3 N–H and O–H groups in total. The molecule has 0 aliphatic rings. The van der Waals surface area contributed by atoms with Gasteiger partial charge in [-0.2, -0.15) is 0 Å². The molecule has 0 atom stereocenters. The predicted molar refractivity (Wildman–Crippen MR) is 123 cm³/mol. The molecule has 0 aliphatic heterocycles. The zero-order valence-corrected chi connectivity index (χ0v) is 17.2. The van der Waals surface area contributed by atoms with E-state index in [0.29, 0.717) is 29.4 Å². The van der Waals surface area contributed by atoms with Crippen LogP contribution in [0.1, 0.15) is 16.1 Å². The molecular weight excluding hydrogens is 412 g/mol. The topological polar surface area (TPSA) is 83.0 Å². The molecule has 5 rings (SSSR count). The molecule has 0 spiro atoms. The molecule has 0 saturated carbocycles. The van der Waals surface area contributed by atoms with Crippen LogP contribution in [0, 0.1) is 0 Å². The van der Waals surface area contributed by atoms with E-state index in [2.05, 4.69) is 26.7 Å². The zero-order chi connectivity index (χ0) is 21.2. The van der Waals surface area contributed by atoms with Crippen LogP contribution in [-0.2, 0) is 6.42 Å². The minimum absolute atomic E-state index is 0.253. The third-order valence-corrected chi connectivity index (χ3v) is 5.40. The number of hydrogen-bond donors (Lipinski definition) is 3. The van der Waals surface area contributed by atoms with Crippen LogP contribution in [-0.4, -0.2) is 22.4 Å². The molecule has 0 unspecified atom stereocenters. The van der Waals surface area contributed by atoms with Gasteiger partial charge in [0.1, 0.15) is 17.1 Å². The molecule has 0 bridgehead atoms. The van der Waals surface area contributed by atoms with Crippen molar-refractivity contribution >= 4 is 50.9 Å². The van der Waals surface area contributed by atoms with Gasteiger partial charge < -0.3 is 20.0 Å². The highest BCUT2D eigenvalue weighted by molar-refractivity contribution is 6.30. The average Bonchev–Trinajstić information content (AvgIpc) is 3.42. The highest BCUT2D eigenvalue weighted by Gasteiger charge is 2.14. The van der Waals surface area contributed by atoms with E-state index in [1.54, 1.807) is 24.5 Å². The van der Waals surface area contributed by atoms with E-state index in [1.165, 1.54) is 5.39 Å². The van der Waals surface area contributed by atoms with Crippen LogP contribution < -0.4 is 10.6 Å². The van der Waals surface area contributed by atoms with Crippen molar-refractivity contribution in [3.63, 3.8) is 0 Å². The number of H-pyrrole nitrogens is 1. The summed E-state index contributed by atoms with van der Waals surface area (Å²) in [7, 11) is 0. The molecule has 154 valence electrons. The van der Waals surface area contributed by atoms with E-state index in [1.807, 2.05) is 42.6 Å². The molecule has 3 heterocycles. The van der Waals surface area contributed by atoms with Crippen molar-refractivity contribution in [2.45, 2.75) is 6.42 Å². The number of carbonyl (C=O) groups excluding carboxylic acids is 1.